The topological polar surface area (TPSA) is 57.2 Å². The summed E-state index contributed by atoms with van der Waals surface area (Å²) >= 11 is 0. The average molecular weight is 164 g/mol. The summed E-state index contributed by atoms with van der Waals surface area (Å²) in [4.78, 5) is 0. The van der Waals surface area contributed by atoms with E-state index in [1.165, 1.54) is 0 Å². The molecule has 0 aromatic heterocycles. The number of hydrogen-bond donors (Lipinski definition) is 0. The SMILES string of the molecule is CCCCS(=O)(=O)[O-].F.[Li+]. The molecule has 0 saturated heterocycles. The van der Waals surface area contributed by atoms with Crippen LogP contribution in [-0.4, -0.2) is 18.7 Å². The van der Waals surface area contributed by atoms with E-state index >= 15 is 0 Å². The maximum absolute atomic E-state index is 9.83. The molecule has 0 fully saturated rings. The van der Waals surface area contributed by atoms with Crippen molar-refractivity contribution in [2.24, 2.45) is 0 Å². The van der Waals surface area contributed by atoms with E-state index in [1.54, 1.807) is 0 Å². The van der Waals surface area contributed by atoms with E-state index in [2.05, 4.69) is 0 Å². The standard InChI is InChI=1S/C4H10O3S.FH.Li/c1-2-3-4-8(5,6)7;;/h2-4H2,1H3,(H,5,6,7);1H;/q;;+1/p-1. The van der Waals surface area contributed by atoms with Crippen LogP contribution in [0.5, 0.6) is 0 Å². The Morgan fingerprint density at radius 1 is 1.40 bits per heavy atom. The number of unbranched alkanes of at least 4 members (excludes halogenated alkanes) is 1. The summed E-state index contributed by atoms with van der Waals surface area (Å²) in [6.07, 6.45) is 1.23. The van der Waals surface area contributed by atoms with Crippen LogP contribution in [0.1, 0.15) is 19.8 Å². The molecule has 3 nitrogen and oxygen atoms in total. The Bertz CT molecular complexity index is 145. The van der Waals surface area contributed by atoms with Gasteiger partial charge in [-0.3, -0.25) is 4.70 Å². The predicted octanol–water partition coefficient (Wildman–Crippen LogP) is -2.51. The van der Waals surface area contributed by atoms with Gasteiger partial charge in [0, 0.05) is 5.75 Å². The van der Waals surface area contributed by atoms with Crippen molar-refractivity contribution in [3.63, 3.8) is 0 Å². The minimum atomic E-state index is -3.94. The zero-order chi connectivity index (χ0) is 6.62. The van der Waals surface area contributed by atoms with Gasteiger partial charge in [0.15, 0.2) is 0 Å². The molecule has 0 aliphatic heterocycles. The molecule has 0 aliphatic rings. The maximum Gasteiger partial charge on any atom is 1.00 e. The Balaban J connectivity index is -0.000000245. The van der Waals surface area contributed by atoms with E-state index in [9.17, 15) is 13.0 Å². The average Bonchev–Trinajstić information content (AvgIpc) is 1.59. The molecule has 0 saturated carbocycles. The quantitative estimate of drug-likeness (QED) is 0.342. The van der Waals surface area contributed by atoms with Crippen LogP contribution < -0.4 is 18.9 Å². The molecule has 10 heavy (non-hydrogen) atoms. The summed E-state index contributed by atoms with van der Waals surface area (Å²) in [7, 11) is -3.94. The fourth-order valence-electron chi connectivity index (χ4n) is 0.321. The molecule has 0 bridgehead atoms. The molecule has 0 amide bonds. The summed E-state index contributed by atoms with van der Waals surface area (Å²) in [5.41, 5.74) is 0. The summed E-state index contributed by atoms with van der Waals surface area (Å²) < 4.78 is 29.5. The largest absolute Gasteiger partial charge is 1.00 e. The molecule has 0 aliphatic carbocycles. The summed E-state index contributed by atoms with van der Waals surface area (Å²) in [6.45, 7) is 1.84. The molecule has 0 unspecified atom stereocenters. The number of hydrogen-bond acceptors (Lipinski definition) is 3. The third-order valence-electron chi connectivity index (χ3n) is 0.748. The van der Waals surface area contributed by atoms with Crippen molar-refractivity contribution < 1.29 is 36.5 Å². The van der Waals surface area contributed by atoms with Crippen LogP contribution in [0.3, 0.4) is 0 Å². The van der Waals surface area contributed by atoms with E-state index in [0.29, 0.717) is 6.42 Å². The van der Waals surface area contributed by atoms with Crippen LogP contribution in [0, 0.1) is 0 Å². The Morgan fingerprint density at radius 3 is 1.90 bits per heavy atom. The van der Waals surface area contributed by atoms with E-state index in [4.69, 9.17) is 0 Å². The molecule has 58 valence electrons. The molecule has 0 heterocycles. The second kappa shape index (κ2) is 7.54. The first-order valence-electron chi connectivity index (χ1n) is 2.50. The third kappa shape index (κ3) is 15.8. The second-order valence-corrected chi connectivity index (χ2v) is 3.14. The molecule has 0 aromatic carbocycles. The molecule has 0 radical (unpaired) electrons. The fraction of sp³-hybridized carbons (Fsp3) is 1.00. The fourth-order valence-corrected chi connectivity index (χ4v) is 0.963. The van der Waals surface area contributed by atoms with Crippen LogP contribution in [-0.2, 0) is 10.1 Å². The van der Waals surface area contributed by atoms with Gasteiger partial charge < -0.3 is 4.55 Å². The first-order valence-corrected chi connectivity index (χ1v) is 4.07. The third-order valence-corrected chi connectivity index (χ3v) is 1.54. The van der Waals surface area contributed by atoms with Gasteiger partial charge in [-0.25, -0.2) is 8.42 Å². The van der Waals surface area contributed by atoms with Gasteiger partial charge >= 0.3 is 18.9 Å². The van der Waals surface area contributed by atoms with Crippen molar-refractivity contribution in [3.8, 4) is 0 Å². The first-order chi connectivity index (χ1) is 3.56. The molecule has 0 aromatic rings. The van der Waals surface area contributed by atoms with Crippen LogP contribution in [0.4, 0.5) is 4.70 Å². The summed E-state index contributed by atoms with van der Waals surface area (Å²) in [6, 6.07) is 0. The zero-order valence-electron chi connectivity index (χ0n) is 6.16. The van der Waals surface area contributed by atoms with Crippen LogP contribution >= 0.6 is 0 Å². The monoisotopic (exact) mass is 164 g/mol. The Hall–Kier alpha value is 0.437. The van der Waals surface area contributed by atoms with Gasteiger partial charge in [-0.1, -0.05) is 13.3 Å². The van der Waals surface area contributed by atoms with Crippen molar-refractivity contribution >= 4 is 10.1 Å². The van der Waals surface area contributed by atoms with Crippen molar-refractivity contribution in [2.75, 3.05) is 5.75 Å². The minimum Gasteiger partial charge on any atom is -0.748 e. The zero-order valence-corrected chi connectivity index (χ0v) is 6.98. The molecule has 6 heteroatoms. The van der Waals surface area contributed by atoms with Crippen LogP contribution in [0.25, 0.3) is 0 Å². The van der Waals surface area contributed by atoms with Crippen molar-refractivity contribution in [3.05, 3.63) is 0 Å². The van der Waals surface area contributed by atoms with Gasteiger partial charge in [-0.2, -0.15) is 0 Å². The molecule has 0 atom stereocenters. The normalized spacial score (nSPS) is 9.40. The van der Waals surface area contributed by atoms with E-state index in [-0.39, 0.29) is 29.3 Å². The van der Waals surface area contributed by atoms with Gasteiger partial charge in [0.25, 0.3) is 0 Å². The van der Waals surface area contributed by atoms with E-state index in [0.717, 1.165) is 6.42 Å². The Morgan fingerprint density at radius 2 is 1.80 bits per heavy atom. The first kappa shape index (κ1) is 16.8. The second-order valence-electron chi connectivity index (χ2n) is 1.62. The number of rotatable bonds is 3. The van der Waals surface area contributed by atoms with Crippen molar-refractivity contribution in [1.29, 1.82) is 0 Å². The van der Waals surface area contributed by atoms with Gasteiger partial charge in [-0.15, -0.1) is 0 Å². The maximum atomic E-state index is 9.83. The molecular formula is C4H10FLiO3S. The summed E-state index contributed by atoms with van der Waals surface area (Å²) in [5, 5.41) is 0. The molecule has 0 rings (SSSR count). The Labute approximate surface area is 72.5 Å². The minimum absolute atomic E-state index is 0. The van der Waals surface area contributed by atoms with E-state index in [1.807, 2.05) is 6.92 Å². The van der Waals surface area contributed by atoms with E-state index < -0.39 is 10.1 Å². The van der Waals surface area contributed by atoms with Gasteiger partial charge in [-0.05, 0) is 6.42 Å². The predicted molar refractivity (Wildman–Crippen MR) is 32.0 cm³/mol. The van der Waals surface area contributed by atoms with Crippen molar-refractivity contribution in [2.45, 2.75) is 19.8 Å². The van der Waals surface area contributed by atoms with Gasteiger partial charge in [0.05, 0.1) is 10.1 Å². The molecule has 0 spiro atoms. The summed E-state index contributed by atoms with van der Waals surface area (Å²) in [5.74, 6) is -0.219. The van der Waals surface area contributed by atoms with Gasteiger partial charge in [0.2, 0.25) is 0 Å². The molecule has 0 N–H and O–H groups in total. The Kier molecular flexibility index (Phi) is 12.7. The van der Waals surface area contributed by atoms with Crippen LogP contribution in [0.2, 0.25) is 0 Å². The number of halogens is 1. The van der Waals surface area contributed by atoms with Crippen LogP contribution in [0.15, 0.2) is 0 Å². The smallest absolute Gasteiger partial charge is 0.748 e. The molecular weight excluding hydrogens is 154 g/mol. The van der Waals surface area contributed by atoms with Crippen molar-refractivity contribution in [1.82, 2.24) is 0 Å². The van der Waals surface area contributed by atoms with Gasteiger partial charge in [0.1, 0.15) is 0 Å².